The van der Waals surface area contributed by atoms with Gasteiger partial charge in [-0.1, -0.05) is 47.5 Å². The molecule has 0 aromatic heterocycles. The average molecular weight is 429 g/mol. The fourth-order valence-electron chi connectivity index (χ4n) is 2.71. The lowest BCUT2D eigenvalue weighted by atomic mass is 10.1. The van der Waals surface area contributed by atoms with Crippen molar-refractivity contribution in [3.63, 3.8) is 0 Å². The van der Waals surface area contributed by atoms with Gasteiger partial charge in [-0.15, -0.1) is 0 Å². The molecule has 3 rings (SSSR count). The fraction of sp³-hybridized carbons (Fsp3) is 0.0909. The molecule has 7 heteroatoms. The maximum absolute atomic E-state index is 12.7. The normalized spacial score (nSPS) is 10.5. The first kappa shape index (κ1) is 20.7. The second-order valence-electron chi connectivity index (χ2n) is 6.18. The molecule has 0 saturated carbocycles. The summed E-state index contributed by atoms with van der Waals surface area (Å²) in [6.07, 6.45) is -0.803. The Morgan fingerprint density at radius 2 is 1.31 bits per heavy atom. The van der Waals surface area contributed by atoms with Crippen LogP contribution in [-0.2, 0) is 0 Å². The molecule has 0 bridgehead atoms. The van der Waals surface area contributed by atoms with E-state index in [-0.39, 0.29) is 11.8 Å². The van der Waals surface area contributed by atoms with E-state index < -0.39 is 6.17 Å². The predicted molar refractivity (Wildman–Crippen MR) is 114 cm³/mol. The van der Waals surface area contributed by atoms with E-state index in [9.17, 15) is 9.59 Å². The van der Waals surface area contributed by atoms with Crippen molar-refractivity contribution >= 4 is 35.0 Å². The molecule has 0 spiro atoms. The number of hydrogen-bond acceptors (Lipinski definition) is 3. The second kappa shape index (κ2) is 9.45. The van der Waals surface area contributed by atoms with Crippen LogP contribution < -0.4 is 15.4 Å². The summed E-state index contributed by atoms with van der Waals surface area (Å²) < 4.78 is 5.26. The van der Waals surface area contributed by atoms with Crippen molar-refractivity contribution in [1.82, 2.24) is 10.6 Å². The number of nitrogens with one attached hydrogen (secondary N) is 2. The van der Waals surface area contributed by atoms with Gasteiger partial charge < -0.3 is 15.4 Å². The van der Waals surface area contributed by atoms with Crippen molar-refractivity contribution in [2.75, 3.05) is 7.11 Å². The maximum atomic E-state index is 12.7. The van der Waals surface area contributed by atoms with Gasteiger partial charge in [-0.05, 0) is 54.1 Å². The molecule has 2 N–H and O–H groups in total. The Bertz CT molecular complexity index is 980. The average Bonchev–Trinajstić information content (AvgIpc) is 2.73. The molecule has 0 saturated heterocycles. The highest BCUT2D eigenvalue weighted by Crippen LogP contribution is 2.20. The van der Waals surface area contributed by atoms with Crippen molar-refractivity contribution in [3.05, 3.63) is 99.5 Å². The largest absolute Gasteiger partial charge is 0.497 e. The molecule has 0 unspecified atom stereocenters. The Labute approximate surface area is 178 Å². The SMILES string of the molecule is COc1cccc(C(NC(=O)c2cccc(Cl)c2)NC(=O)c2cccc(Cl)c2)c1. The molecule has 0 fully saturated rings. The van der Waals surface area contributed by atoms with Crippen LogP contribution in [0.4, 0.5) is 0 Å². The number of hydrogen-bond donors (Lipinski definition) is 2. The van der Waals surface area contributed by atoms with Crippen LogP contribution in [0.25, 0.3) is 0 Å². The monoisotopic (exact) mass is 428 g/mol. The lowest BCUT2D eigenvalue weighted by molar-refractivity contribution is 0.0883. The van der Waals surface area contributed by atoms with E-state index >= 15 is 0 Å². The number of methoxy groups -OCH3 is 1. The summed E-state index contributed by atoms with van der Waals surface area (Å²) in [5, 5.41) is 6.54. The zero-order chi connectivity index (χ0) is 20.8. The van der Waals surface area contributed by atoms with Crippen LogP contribution in [0.15, 0.2) is 72.8 Å². The molecular formula is C22H18Cl2N2O3. The third kappa shape index (κ3) is 5.50. The number of benzene rings is 3. The number of rotatable bonds is 6. The third-order valence-electron chi connectivity index (χ3n) is 4.15. The van der Waals surface area contributed by atoms with Crippen LogP contribution in [0.2, 0.25) is 10.0 Å². The Balaban J connectivity index is 1.88. The first-order valence-corrected chi connectivity index (χ1v) is 9.48. The van der Waals surface area contributed by atoms with E-state index in [2.05, 4.69) is 10.6 Å². The molecule has 0 atom stereocenters. The number of carbonyl (C=O) groups excluding carboxylic acids is 2. The lowest BCUT2D eigenvalue weighted by Gasteiger charge is -2.21. The Hall–Kier alpha value is -3.02. The zero-order valence-corrected chi connectivity index (χ0v) is 17.0. The van der Waals surface area contributed by atoms with Crippen molar-refractivity contribution in [1.29, 1.82) is 0 Å². The second-order valence-corrected chi connectivity index (χ2v) is 7.05. The van der Waals surface area contributed by atoms with E-state index in [4.69, 9.17) is 27.9 Å². The van der Waals surface area contributed by atoms with Crippen molar-refractivity contribution in [2.45, 2.75) is 6.17 Å². The van der Waals surface area contributed by atoms with E-state index in [1.54, 1.807) is 79.9 Å². The molecule has 148 valence electrons. The first-order valence-electron chi connectivity index (χ1n) is 8.73. The topological polar surface area (TPSA) is 67.4 Å². The van der Waals surface area contributed by atoms with Crippen LogP contribution >= 0.6 is 23.2 Å². The molecule has 0 aliphatic rings. The Morgan fingerprint density at radius 1 is 0.793 bits per heavy atom. The van der Waals surface area contributed by atoms with Gasteiger partial charge in [-0.25, -0.2) is 0 Å². The van der Waals surface area contributed by atoms with Crippen LogP contribution in [0.5, 0.6) is 5.75 Å². The van der Waals surface area contributed by atoms with Crippen LogP contribution in [0, 0.1) is 0 Å². The van der Waals surface area contributed by atoms with Gasteiger partial charge in [-0.2, -0.15) is 0 Å². The third-order valence-corrected chi connectivity index (χ3v) is 4.62. The van der Waals surface area contributed by atoms with Crippen LogP contribution in [0.3, 0.4) is 0 Å². The highest BCUT2D eigenvalue weighted by molar-refractivity contribution is 6.31. The van der Waals surface area contributed by atoms with E-state index in [0.717, 1.165) is 0 Å². The summed E-state index contributed by atoms with van der Waals surface area (Å²) in [5.41, 5.74) is 1.40. The van der Waals surface area contributed by atoms with Gasteiger partial charge in [0, 0.05) is 21.2 Å². The Morgan fingerprint density at radius 3 is 1.79 bits per heavy atom. The minimum atomic E-state index is -0.803. The van der Waals surface area contributed by atoms with Gasteiger partial charge in [0.15, 0.2) is 0 Å². The summed E-state index contributed by atoms with van der Waals surface area (Å²) in [6, 6.07) is 20.2. The molecule has 5 nitrogen and oxygen atoms in total. The summed E-state index contributed by atoms with van der Waals surface area (Å²) in [5.74, 6) is -0.167. The molecular weight excluding hydrogens is 411 g/mol. The van der Waals surface area contributed by atoms with Crippen molar-refractivity contribution in [2.24, 2.45) is 0 Å². The first-order chi connectivity index (χ1) is 14.0. The summed E-state index contributed by atoms with van der Waals surface area (Å²) >= 11 is 12.0. The zero-order valence-electron chi connectivity index (χ0n) is 15.5. The molecule has 2 amide bonds. The highest BCUT2D eigenvalue weighted by atomic mass is 35.5. The highest BCUT2D eigenvalue weighted by Gasteiger charge is 2.20. The fourth-order valence-corrected chi connectivity index (χ4v) is 3.09. The van der Waals surface area contributed by atoms with Gasteiger partial charge in [0.1, 0.15) is 11.9 Å². The maximum Gasteiger partial charge on any atom is 0.253 e. The van der Waals surface area contributed by atoms with Gasteiger partial charge in [0.25, 0.3) is 11.8 Å². The smallest absolute Gasteiger partial charge is 0.253 e. The summed E-state index contributed by atoms with van der Waals surface area (Å²) in [6.45, 7) is 0. The number of halogens is 2. The standard InChI is InChI=1S/C22H18Cl2N2O3/c1-29-19-10-4-5-14(13-19)20(25-21(27)15-6-2-8-17(23)11-15)26-22(28)16-7-3-9-18(24)12-16/h2-13,20H,1H3,(H,25,27)(H,26,28). The van der Waals surface area contributed by atoms with Crippen LogP contribution in [0.1, 0.15) is 32.4 Å². The Kier molecular flexibility index (Phi) is 6.75. The molecule has 3 aromatic rings. The van der Waals surface area contributed by atoms with Gasteiger partial charge in [0.2, 0.25) is 0 Å². The van der Waals surface area contributed by atoms with E-state index in [1.807, 2.05) is 0 Å². The molecule has 0 heterocycles. The number of ether oxygens (including phenoxy) is 1. The quantitative estimate of drug-likeness (QED) is 0.550. The molecule has 0 aliphatic carbocycles. The number of amides is 2. The van der Waals surface area contributed by atoms with Crippen molar-refractivity contribution in [3.8, 4) is 5.75 Å². The van der Waals surface area contributed by atoms with E-state index in [0.29, 0.717) is 32.5 Å². The number of carbonyl (C=O) groups is 2. The van der Waals surface area contributed by atoms with Gasteiger partial charge in [-0.3, -0.25) is 9.59 Å². The van der Waals surface area contributed by atoms with Crippen molar-refractivity contribution < 1.29 is 14.3 Å². The van der Waals surface area contributed by atoms with Crippen LogP contribution in [-0.4, -0.2) is 18.9 Å². The molecule has 3 aromatic carbocycles. The molecule has 29 heavy (non-hydrogen) atoms. The molecule has 0 radical (unpaired) electrons. The van der Waals surface area contributed by atoms with Gasteiger partial charge in [0.05, 0.1) is 7.11 Å². The minimum Gasteiger partial charge on any atom is -0.497 e. The summed E-state index contributed by atoms with van der Waals surface area (Å²) in [4.78, 5) is 25.5. The summed E-state index contributed by atoms with van der Waals surface area (Å²) in [7, 11) is 1.54. The van der Waals surface area contributed by atoms with Gasteiger partial charge >= 0.3 is 0 Å². The predicted octanol–water partition coefficient (Wildman–Crippen LogP) is 4.86. The minimum absolute atomic E-state index is 0.377. The molecule has 0 aliphatic heterocycles. The lowest BCUT2D eigenvalue weighted by Crippen LogP contribution is -2.41. The van der Waals surface area contributed by atoms with E-state index in [1.165, 1.54) is 0 Å².